The van der Waals surface area contributed by atoms with Crippen molar-refractivity contribution in [2.45, 2.75) is 6.43 Å². The van der Waals surface area contributed by atoms with Gasteiger partial charge in [0, 0.05) is 5.56 Å². The Morgan fingerprint density at radius 2 is 1.95 bits per heavy atom. The molecule has 0 aliphatic rings. The minimum atomic E-state index is -2.76. The van der Waals surface area contributed by atoms with E-state index in [1.165, 1.54) is 0 Å². The lowest BCUT2D eigenvalue weighted by atomic mass is 10.1. The van der Waals surface area contributed by atoms with Crippen molar-refractivity contribution in [1.82, 2.24) is 20.3 Å². The number of nitrogens with zero attached hydrogens (tertiary/aromatic N) is 3. The lowest BCUT2D eigenvalue weighted by Gasteiger charge is -1.98. The Morgan fingerprint density at radius 3 is 2.63 bits per heavy atom. The van der Waals surface area contributed by atoms with Crippen molar-refractivity contribution in [3.8, 4) is 22.7 Å². The van der Waals surface area contributed by atoms with E-state index in [4.69, 9.17) is 4.52 Å². The largest absolute Gasteiger partial charge is 0.332 e. The van der Waals surface area contributed by atoms with E-state index >= 15 is 0 Å². The summed E-state index contributed by atoms with van der Waals surface area (Å²) in [5, 5.41) is 9.79. The van der Waals surface area contributed by atoms with Crippen LogP contribution in [0.1, 0.15) is 12.2 Å². The van der Waals surface area contributed by atoms with Crippen molar-refractivity contribution in [2.24, 2.45) is 0 Å². The SMILES string of the molecule is FC(F)c1noc(-c2[nH]ncc2-c2ccccc2)n1. The molecule has 0 atom stereocenters. The number of hydrogen-bond acceptors (Lipinski definition) is 4. The molecule has 3 rings (SSSR count). The van der Waals surface area contributed by atoms with Gasteiger partial charge in [0.2, 0.25) is 5.82 Å². The maximum Gasteiger partial charge on any atom is 0.300 e. The molecular weight excluding hydrogens is 254 g/mol. The van der Waals surface area contributed by atoms with Gasteiger partial charge in [-0.05, 0) is 5.56 Å². The van der Waals surface area contributed by atoms with Crippen LogP contribution in [0, 0.1) is 0 Å². The van der Waals surface area contributed by atoms with Crippen LogP contribution in [0.5, 0.6) is 0 Å². The number of alkyl halides is 2. The molecule has 2 aromatic heterocycles. The van der Waals surface area contributed by atoms with Gasteiger partial charge in [-0.1, -0.05) is 35.5 Å². The summed E-state index contributed by atoms with van der Waals surface area (Å²) in [5.74, 6) is -0.643. The Morgan fingerprint density at radius 1 is 1.16 bits per heavy atom. The zero-order chi connectivity index (χ0) is 13.2. The van der Waals surface area contributed by atoms with Crippen molar-refractivity contribution in [2.75, 3.05) is 0 Å². The fraction of sp³-hybridized carbons (Fsp3) is 0.0833. The monoisotopic (exact) mass is 262 g/mol. The molecule has 0 amide bonds. The van der Waals surface area contributed by atoms with E-state index in [1.54, 1.807) is 6.20 Å². The Kier molecular flexibility index (Phi) is 2.79. The molecule has 0 aliphatic carbocycles. The van der Waals surface area contributed by atoms with E-state index in [1.807, 2.05) is 30.3 Å². The summed E-state index contributed by atoms with van der Waals surface area (Å²) in [6.45, 7) is 0. The average Bonchev–Trinajstić information content (AvgIpc) is 3.08. The summed E-state index contributed by atoms with van der Waals surface area (Å²) in [4.78, 5) is 3.64. The normalized spacial score (nSPS) is 11.1. The molecule has 19 heavy (non-hydrogen) atoms. The lowest BCUT2D eigenvalue weighted by Crippen LogP contribution is -1.87. The first kappa shape index (κ1) is 11.5. The van der Waals surface area contributed by atoms with Crippen LogP contribution >= 0.6 is 0 Å². The van der Waals surface area contributed by atoms with E-state index in [0.717, 1.165) is 5.56 Å². The quantitative estimate of drug-likeness (QED) is 0.787. The highest BCUT2D eigenvalue weighted by atomic mass is 19.3. The number of aromatic nitrogens is 4. The summed E-state index contributed by atoms with van der Waals surface area (Å²) in [6.07, 6.45) is -1.18. The van der Waals surface area contributed by atoms with E-state index in [-0.39, 0.29) is 5.89 Å². The van der Waals surface area contributed by atoms with Gasteiger partial charge in [-0.3, -0.25) is 5.10 Å². The first-order valence-corrected chi connectivity index (χ1v) is 5.46. The number of H-pyrrole nitrogens is 1. The van der Waals surface area contributed by atoms with E-state index in [0.29, 0.717) is 11.3 Å². The maximum absolute atomic E-state index is 12.4. The summed E-state index contributed by atoms with van der Waals surface area (Å²) in [6, 6.07) is 9.36. The molecule has 1 N–H and O–H groups in total. The fourth-order valence-electron chi connectivity index (χ4n) is 1.71. The van der Waals surface area contributed by atoms with Crippen molar-refractivity contribution in [1.29, 1.82) is 0 Å². The van der Waals surface area contributed by atoms with Crippen LogP contribution < -0.4 is 0 Å². The lowest BCUT2D eigenvalue weighted by molar-refractivity contribution is 0.136. The van der Waals surface area contributed by atoms with Gasteiger partial charge in [0.05, 0.1) is 6.20 Å². The number of aromatic amines is 1. The van der Waals surface area contributed by atoms with Gasteiger partial charge in [0.1, 0.15) is 5.69 Å². The molecule has 5 nitrogen and oxygen atoms in total. The first-order chi connectivity index (χ1) is 9.25. The van der Waals surface area contributed by atoms with Gasteiger partial charge in [0.15, 0.2) is 0 Å². The highest BCUT2D eigenvalue weighted by Crippen LogP contribution is 2.29. The third-order valence-corrected chi connectivity index (χ3v) is 2.57. The number of rotatable bonds is 3. The Labute approximate surface area is 106 Å². The maximum atomic E-state index is 12.4. The highest BCUT2D eigenvalue weighted by Gasteiger charge is 2.20. The smallest absolute Gasteiger partial charge is 0.300 e. The molecule has 1 aromatic carbocycles. The molecule has 3 aromatic rings. The van der Waals surface area contributed by atoms with Crippen LogP contribution in [0.25, 0.3) is 22.7 Å². The first-order valence-electron chi connectivity index (χ1n) is 5.46. The molecule has 0 saturated carbocycles. The molecule has 0 fully saturated rings. The second-order valence-corrected chi connectivity index (χ2v) is 3.78. The van der Waals surface area contributed by atoms with Crippen LogP contribution in [-0.2, 0) is 0 Å². The standard InChI is InChI=1S/C12H8F2N4O/c13-10(14)11-16-12(19-18-11)9-8(6-15-17-9)7-4-2-1-3-5-7/h1-6,10H,(H,15,17). The zero-order valence-electron chi connectivity index (χ0n) is 9.55. The van der Waals surface area contributed by atoms with Crippen LogP contribution in [0.15, 0.2) is 41.1 Å². The molecule has 7 heteroatoms. The predicted octanol–water partition coefficient (Wildman–Crippen LogP) is 3.06. The molecule has 0 spiro atoms. The molecule has 0 radical (unpaired) electrons. The zero-order valence-corrected chi connectivity index (χ0v) is 9.55. The Balaban J connectivity index is 2.04. The number of hydrogen-bond donors (Lipinski definition) is 1. The molecule has 96 valence electrons. The number of benzene rings is 1. The summed E-state index contributed by atoms with van der Waals surface area (Å²) in [7, 11) is 0. The molecule has 0 bridgehead atoms. The van der Waals surface area contributed by atoms with E-state index in [2.05, 4.69) is 20.3 Å². The van der Waals surface area contributed by atoms with Gasteiger partial charge < -0.3 is 4.52 Å². The van der Waals surface area contributed by atoms with Crippen molar-refractivity contribution in [3.05, 3.63) is 42.4 Å². The molecule has 0 aliphatic heterocycles. The third kappa shape index (κ3) is 2.10. The molecule has 0 unspecified atom stereocenters. The van der Waals surface area contributed by atoms with Crippen LogP contribution in [0.3, 0.4) is 0 Å². The van der Waals surface area contributed by atoms with Crippen molar-refractivity contribution >= 4 is 0 Å². The number of halogens is 2. The Bertz CT molecular complexity index is 678. The van der Waals surface area contributed by atoms with E-state index in [9.17, 15) is 8.78 Å². The summed E-state index contributed by atoms with van der Waals surface area (Å²) in [5.41, 5.74) is 2.01. The van der Waals surface area contributed by atoms with Gasteiger partial charge in [-0.2, -0.15) is 10.1 Å². The van der Waals surface area contributed by atoms with Crippen LogP contribution in [0.4, 0.5) is 8.78 Å². The second kappa shape index (κ2) is 4.60. The van der Waals surface area contributed by atoms with Gasteiger partial charge in [0.25, 0.3) is 5.89 Å². The van der Waals surface area contributed by atoms with Crippen molar-refractivity contribution < 1.29 is 13.3 Å². The molecular formula is C12H8F2N4O. The average molecular weight is 262 g/mol. The fourth-order valence-corrected chi connectivity index (χ4v) is 1.71. The predicted molar refractivity (Wildman–Crippen MR) is 62.3 cm³/mol. The van der Waals surface area contributed by atoms with Crippen molar-refractivity contribution in [3.63, 3.8) is 0 Å². The molecule has 2 heterocycles. The van der Waals surface area contributed by atoms with Gasteiger partial charge >= 0.3 is 6.43 Å². The van der Waals surface area contributed by atoms with E-state index < -0.39 is 12.2 Å². The van der Waals surface area contributed by atoms with Gasteiger partial charge in [-0.15, -0.1) is 0 Å². The second-order valence-electron chi connectivity index (χ2n) is 3.78. The topological polar surface area (TPSA) is 67.6 Å². The number of nitrogens with one attached hydrogen (secondary N) is 1. The highest BCUT2D eigenvalue weighted by molar-refractivity contribution is 5.76. The third-order valence-electron chi connectivity index (χ3n) is 2.57. The Hall–Kier alpha value is -2.57. The van der Waals surface area contributed by atoms with Crippen LogP contribution in [0.2, 0.25) is 0 Å². The van der Waals surface area contributed by atoms with Crippen LogP contribution in [-0.4, -0.2) is 20.3 Å². The summed E-state index contributed by atoms with van der Waals surface area (Å²) >= 11 is 0. The minimum Gasteiger partial charge on any atom is -0.332 e. The molecule has 0 saturated heterocycles. The van der Waals surface area contributed by atoms with Gasteiger partial charge in [-0.25, -0.2) is 8.78 Å². The summed E-state index contributed by atoms with van der Waals surface area (Å²) < 4.78 is 29.7. The minimum absolute atomic E-state index is 0.00773.